The molecule has 1 nitrogen and oxygen atoms in total. The van der Waals surface area contributed by atoms with Gasteiger partial charge in [0, 0.05) is 15.4 Å². The van der Waals surface area contributed by atoms with E-state index < -0.39 is 0 Å². The predicted molar refractivity (Wildman–Crippen MR) is 72.6 cm³/mol. The molecule has 1 atom stereocenters. The Kier molecular flexibility index (Phi) is 4.81. The topological polar surface area (TPSA) is 12.0 Å². The summed E-state index contributed by atoms with van der Waals surface area (Å²) in [4.78, 5) is 1.44. The fourth-order valence-electron chi connectivity index (χ4n) is 1.71. The van der Waals surface area contributed by atoms with Crippen molar-refractivity contribution >= 4 is 27.3 Å². The first-order valence-electron chi connectivity index (χ1n) is 5.31. The average Bonchev–Trinajstić information content (AvgIpc) is 2.48. The Hall–Kier alpha value is 0.140. The van der Waals surface area contributed by atoms with Gasteiger partial charge in [-0.25, -0.2) is 0 Å². The van der Waals surface area contributed by atoms with Gasteiger partial charge in [0.1, 0.15) is 0 Å². The maximum atomic E-state index is 3.59. The molecule has 1 N–H and O–H groups in total. The number of halogens is 1. The first-order valence-corrected chi connectivity index (χ1v) is 6.99. The summed E-state index contributed by atoms with van der Waals surface area (Å²) in [7, 11) is 2.05. The summed E-state index contributed by atoms with van der Waals surface area (Å²) >= 11 is 5.42. The second-order valence-corrected chi connectivity index (χ2v) is 7.00. The highest BCUT2D eigenvalue weighted by Gasteiger charge is 2.18. The van der Waals surface area contributed by atoms with E-state index in [9.17, 15) is 0 Å². The minimum atomic E-state index is 0.386. The van der Waals surface area contributed by atoms with Gasteiger partial charge in [0.05, 0.1) is 0 Å². The van der Waals surface area contributed by atoms with Gasteiger partial charge in [-0.15, -0.1) is 11.3 Å². The van der Waals surface area contributed by atoms with Gasteiger partial charge in [0.25, 0.3) is 0 Å². The van der Waals surface area contributed by atoms with E-state index in [0.717, 1.165) is 6.42 Å². The minimum absolute atomic E-state index is 0.386. The Morgan fingerprint density at radius 3 is 2.53 bits per heavy atom. The van der Waals surface area contributed by atoms with Crippen LogP contribution in [-0.2, 0) is 6.42 Å². The van der Waals surface area contributed by atoms with E-state index in [2.05, 4.69) is 60.5 Å². The molecule has 0 fully saturated rings. The average molecular weight is 290 g/mol. The highest BCUT2D eigenvalue weighted by molar-refractivity contribution is 9.10. The van der Waals surface area contributed by atoms with Gasteiger partial charge in [0.2, 0.25) is 0 Å². The van der Waals surface area contributed by atoms with Gasteiger partial charge >= 0.3 is 0 Å². The molecule has 0 aliphatic rings. The Bertz CT molecular complexity index is 301. The molecule has 1 rings (SSSR count). The molecule has 3 heteroatoms. The van der Waals surface area contributed by atoms with E-state index in [1.54, 1.807) is 0 Å². The molecular formula is C12H20BrNS. The van der Waals surface area contributed by atoms with E-state index in [1.165, 1.54) is 15.8 Å². The Labute approximate surface area is 105 Å². The third-order valence-electron chi connectivity index (χ3n) is 2.39. The summed E-state index contributed by atoms with van der Waals surface area (Å²) in [6.07, 6.45) is 2.32. The van der Waals surface area contributed by atoms with Crippen LogP contribution in [0.1, 0.15) is 32.1 Å². The maximum absolute atomic E-state index is 3.59. The number of nitrogens with one attached hydrogen (secondary N) is 1. The monoisotopic (exact) mass is 289 g/mol. The largest absolute Gasteiger partial charge is 0.317 e. The van der Waals surface area contributed by atoms with Gasteiger partial charge < -0.3 is 5.32 Å². The number of thiophene rings is 1. The van der Waals surface area contributed by atoms with Crippen LogP contribution in [0.25, 0.3) is 0 Å². The molecule has 1 aromatic heterocycles. The summed E-state index contributed by atoms with van der Waals surface area (Å²) in [6.45, 7) is 6.88. The summed E-state index contributed by atoms with van der Waals surface area (Å²) in [5, 5.41) is 5.55. The molecule has 1 heterocycles. The van der Waals surface area contributed by atoms with E-state index in [-0.39, 0.29) is 0 Å². The summed E-state index contributed by atoms with van der Waals surface area (Å²) in [5.74, 6) is 0. The van der Waals surface area contributed by atoms with Crippen molar-refractivity contribution in [3.8, 4) is 0 Å². The second kappa shape index (κ2) is 5.46. The predicted octanol–water partition coefficient (Wildman–Crippen LogP) is 4.08. The third kappa shape index (κ3) is 4.66. The fourth-order valence-corrected chi connectivity index (χ4v) is 3.31. The lowest BCUT2D eigenvalue weighted by atomic mass is 9.87. The van der Waals surface area contributed by atoms with Crippen molar-refractivity contribution in [1.82, 2.24) is 5.32 Å². The smallest absolute Gasteiger partial charge is 0.0314 e. The molecule has 0 amide bonds. The minimum Gasteiger partial charge on any atom is -0.317 e. The number of likely N-dealkylation sites (N-methyl/N-ethyl adjacent to an activating group) is 1. The molecule has 0 aliphatic carbocycles. The molecule has 1 aromatic rings. The lowest BCUT2D eigenvalue weighted by Gasteiger charge is -2.25. The number of hydrogen-bond acceptors (Lipinski definition) is 2. The zero-order valence-corrected chi connectivity index (χ0v) is 12.3. The first-order chi connectivity index (χ1) is 6.92. The third-order valence-corrected chi connectivity index (χ3v) is 4.34. The van der Waals surface area contributed by atoms with E-state index >= 15 is 0 Å². The molecule has 0 aliphatic heterocycles. The molecule has 0 radical (unpaired) electrons. The first kappa shape index (κ1) is 13.2. The van der Waals surface area contributed by atoms with Crippen molar-refractivity contribution in [2.45, 2.75) is 39.7 Å². The molecule has 0 bridgehead atoms. The molecule has 0 aromatic carbocycles. The molecule has 0 spiro atoms. The summed E-state index contributed by atoms with van der Waals surface area (Å²) in [6, 6.07) is 2.70. The molecule has 0 saturated heterocycles. The van der Waals surface area contributed by atoms with Gasteiger partial charge in [-0.1, -0.05) is 20.8 Å². The molecule has 1 unspecified atom stereocenters. The number of hydrogen-bond donors (Lipinski definition) is 1. The standard InChI is InChI=1S/C12H20BrNS/c1-12(2,3)8-9(14-4)7-11-10(13)5-6-15-11/h5-6,9,14H,7-8H2,1-4H3. The van der Waals surface area contributed by atoms with Crippen molar-refractivity contribution in [2.24, 2.45) is 5.41 Å². The van der Waals surface area contributed by atoms with E-state index in [1.807, 2.05) is 11.3 Å². The van der Waals surface area contributed by atoms with Gasteiger partial charge in [-0.3, -0.25) is 0 Å². The van der Waals surface area contributed by atoms with Gasteiger partial charge in [0.15, 0.2) is 0 Å². The van der Waals surface area contributed by atoms with Crippen LogP contribution in [0.3, 0.4) is 0 Å². The Balaban J connectivity index is 2.58. The quantitative estimate of drug-likeness (QED) is 0.881. The zero-order valence-electron chi connectivity index (χ0n) is 9.93. The van der Waals surface area contributed by atoms with Crippen molar-refractivity contribution in [3.63, 3.8) is 0 Å². The van der Waals surface area contributed by atoms with Crippen molar-refractivity contribution in [3.05, 3.63) is 20.8 Å². The van der Waals surface area contributed by atoms with Crippen LogP contribution in [0.15, 0.2) is 15.9 Å². The van der Waals surface area contributed by atoms with Crippen LogP contribution in [0.2, 0.25) is 0 Å². The lowest BCUT2D eigenvalue weighted by Crippen LogP contribution is -2.31. The maximum Gasteiger partial charge on any atom is 0.0314 e. The summed E-state index contributed by atoms with van der Waals surface area (Å²) in [5.41, 5.74) is 0.386. The highest BCUT2D eigenvalue weighted by Crippen LogP contribution is 2.27. The number of rotatable bonds is 4. The normalized spacial score (nSPS) is 14.2. The van der Waals surface area contributed by atoms with Crippen LogP contribution in [-0.4, -0.2) is 13.1 Å². The van der Waals surface area contributed by atoms with Crippen LogP contribution in [0, 0.1) is 5.41 Å². The molecule has 15 heavy (non-hydrogen) atoms. The fraction of sp³-hybridized carbons (Fsp3) is 0.667. The van der Waals surface area contributed by atoms with Crippen LogP contribution < -0.4 is 5.32 Å². The van der Waals surface area contributed by atoms with Crippen LogP contribution in [0.4, 0.5) is 0 Å². The Morgan fingerprint density at radius 2 is 2.13 bits per heavy atom. The van der Waals surface area contributed by atoms with Gasteiger partial charge in [-0.05, 0) is 52.7 Å². The molecule has 0 saturated carbocycles. The van der Waals surface area contributed by atoms with E-state index in [4.69, 9.17) is 0 Å². The zero-order chi connectivity index (χ0) is 11.5. The lowest BCUT2D eigenvalue weighted by molar-refractivity contribution is 0.316. The van der Waals surface area contributed by atoms with Gasteiger partial charge in [-0.2, -0.15) is 0 Å². The summed E-state index contributed by atoms with van der Waals surface area (Å²) < 4.78 is 1.25. The van der Waals surface area contributed by atoms with E-state index in [0.29, 0.717) is 11.5 Å². The van der Waals surface area contributed by atoms with Crippen LogP contribution >= 0.6 is 27.3 Å². The Morgan fingerprint density at radius 1 is 1.47 bits per heavy atom. The highest BCUT2D eigenvalue weighted by atomic mass is 79.9. The van der Waals surface area contributed by atoms with Crippen LogP contribution in [0.5, 0.6) is 0 Å². The van der Waals surface area contributed by atoms with Crippen molar-refractivity contribution in [1.29, 1.82) is 0 Å². The van der Waals surface area contributed by atoms with Crippen molar-refractivity contribution in [2.75, 3.05) is 7.05 Å². The van der Waals surface area contributed by atoms with Crippen molar-refractivity contribution < 1.29 is 0 Å². The molecule has 86 valence electrons. The SMILES string of the molecule is CNC(Cc1sccc1Br)CC(C)(C)C. The second-order valence-electron chi connectivity index (χ2n) is 5.15. The molecular weight excluding hydrogens is 270 g/mol.